The Labute approximate surface area is 167 Å². The number of ether oxygens (including phenoxy) is 1. The first kappa shape index (κ1) is 21.7. The highest BCUT2D eigenvalue weighted by molar-refractivity contribution is 7.89. The third-order valence-corrected chi connectivity index (χ3v) is 4.91. The molecule has 2 N–H and O–H groups in total. The molecule has 3 aromatic rings. The summed E-state index contributed by atoms with van der Waals surface area (Å²) in [6.07, 6.45) is -3.94. The van der Waals surface area contributed by atoms with Crippen LogP contribution in [-0.2, 0) is 22.7 Å². The van der Waals surface area contributed by atoms with Crippen LogP contribution in [0.2, 0.25) is 0 Å². The lowest BCUT2D eigenvalue weighted by molar-refractivity contribution is -0.140. The maximum absolute atomic E-state index is 13.2. The first-order valence-corrected chi connectivity index (χ1v) is 9.79. The molecule has 0 spiro atoms. The predicted octanol–water partition coefficient (Wildman–Crippen LogP) is 3.87. The number of hydrogen-bond acceptors (Lipinski definition) is 4. The molecule has 3 rings (SSSR count). The summed E-state index contributed by atoms with van der Waals surface area (Å²) in [6, 6.07) is 10.4. The van der Waals surface area contributed by atoms with Crippen molar-refractivity contribution in [1.29, 1.82) is 0 Å². The SMILES string of the molecule is NS(=O)(=O)c1ccc(-c2nc(C(F)(F)F)cn2Cc2cccc(OC(F)F)c2)cc1. The molecule has 0 amide bonds. The number of aromatic nitrogens is 2. The van der Waals surface area contributed by atoms with Crippen LogP contribution in [0.15, 0.2) is 59.6 Å². The highest BCUT2D eigenvalue weighted by atomic mass is 32.2. The summed E-state index contributed by atoms with van der Waals surface area (Å²) in [6.45, 7) is -3.17. The standard InChI is InChI=1S/C18H14F5N3O3S/c19-17(20)29-13-3-1-2-11(8-13)9-26-10-15(18(21,22)23)25-16(26)12-4-6-14(7-5-12)30(24,27)28/h1-8,10,17H,9H2,(H2,24,27,28). The molecule has 0 fully saturated rings. The van der Waals surface area contributed by atoms with Crippen LogP contribution in [0.4, 0.5) is 22.0 Å². The molecule has 0 saturated heterocycles. The van der Waals surface area contributed by atoms with Crippen LogP contribution in [0.3, 0.4) is 0 Å². The summed E-state index contributed by atoms with van der Waals surface area (Å²) in [5.41, 5.74) is -0.562. The van der Waals surface area contributed by atoms with Crippen LogP contribution in [0, 0.1) is 0 Å². The van der Waals surface area contributed by atoms with Gasteiger partial charge in [-0.15, -0.1) is 0 Å². The fourth-order valence-electron chi connectivity index (χ4n) is 2.71. The fraction of sp³-hybridized carbons (Fsp3) is 0.167. The van der Waals surface area contributed by atoms with Crippen molar-refractivity contribution >= 4 is 10.0 Å². The summed E-state index contributed by atoms with van der Waals surface area (Å²) >= 11 is 0. The minimum atomic E-state index is -4.72. The number of nitrogens with two attached hydrogens (primary N) is 1. The van der Waals surface area contributed by atoms with E-state index in [-0.39, 0.29) is 28.6 Å². The molecule has 0 radical (unpaired) electrons. The van der Waals surface area contributed by atoms with Gasteiger partial charge in [-0.2, -0.15) is 22.0 Å². The van der Waals surface area contributed by atoms with E-state index in [0.717, 1.165) is 18.3 Å². The molecule has 2 aromatic carbocycles. The van der Waals surface area contributed by atoms with Gasteiger partial charge in [0.25, 0.3) is 0 Å². The highest BCUT2D eigenvalue weighted by Gasteiger charge is 2.35. The highest BCUT2D eigenvalue weighted by Crippen LogP contribution is 2.32. The van der Waals surface area contributed by atoms with Crippen molar-refractivity contribution in [3.05, 3.63) is 66.0 Å². The van der Waals surface area contributed by atoms with Crippen LogP contribution in [0.5, 0.6) is 5.75 Å². The van der Waals surface area contributed by atoms with E-state index in [1.165, 1.54) is 41.0 Å². The first-order valence-electron chi connectivity index (χ1n) is 8.25. The monoisotopic (exact) mass is 447 g/mol. The van der Waals surface area contributed by atoms with E-state index in [0.29, 0.717) is 5.56 Å². The van der Waals surface area contributed by atoms with Crippen molar-refractivity contribution in [3.63, 3.8) is 0 Å². The number of imidazole rings is 1. The average molecular weight is 447 g/mol. The molecule has 1 heterocycles. The Morgan fingerprint density at radius 1 is 1.10 bits per heavy atom. The summed E-state index contributed by atoms with van der Waals surface area (Å²) in [4.78, 5) is 3.41. The Bertz CT molecular complexity index is 1140. The second-order valence-electron chi connectivity index (χ2n) is 6.17. The molecule has 0 atom stereocenters. The van der Waals surface area contributed by atoms with Gasteiger partial charge in [0.2, 0.25) is 10.0 Å². The largest absolute Gasteiger partial charge is 0.435 e. The van der Waals surface area contributed by atoms with Crippen LogP contribution < -0.4 is 9.88 Å². The zero-order chi connectivity index (χ0) is 22.1. The predicted molar refractivity (Wildman–Crippen MR) is 96.2 cm³/mol. The molecule has 1 aromatic heterocycles. The lowest BCUT2D eigenvalue weighted by Gasteiger charge is -2.10. The van der Waals surface area contributed by atoms with Crippen molar-refractivity contribution in [2.45, 2.75) is 24.2 Å². The van der Waals surface area contributed by atoms with E-state index >= 15 is 0 Å². The molecule has 12 heteroatoms. The van der Waals surface area contributed by atoms with Gasteiger partial charge in [-0.3, -0.25) is 0 Å². The van der Waals surface area contributed by atoms with E-state index in [1.54, 1.807) is 0 Å². The Morgan fingerprint density at radius 3 is 2.33 bits per heavy atom. The zero-order valence-corrected chi connectivity index (χ0v) is 15.8. The minimum Gasteiger partial charge on any atom is -0.435 e. The third kappa shape index (κ3) is 5.13. The number of halogens is 5. The van der Waals surface area contributed by atoms with Gasteiger partial charge in [0, 0.05) is 18.3 Å². The van der Waals surface area contributed by atoms with Crippen molar-refractivity contribution in [1.82, 2.24) is 9.55 Å². The van der Waals surface area contributed by atoms with Crippen LogP contribution in [0.25, 0.3) is 11.4 Å². The molecule has 30 heavy (non-hydrogen) atoms. The van der Waals surface area contributed by atoms with Gasteiger partial charge >= 0.3 is 12.8 Å². The number of alkyl halides is 5. The molecule has 0 bridgehead atoms. The second-order valence-corrected chi connectivity index (χ2v) is 7.73. The average Bonchev–Trinajstić information content (AvgIpc) is 3.05. The van der Waals surface area contributed by atoms with E-state index < -0.39 is 28.5 Å². The van der Waals surface area contributed by atoms with Gasteiger partial charge in [0.15, 0.2) is 5.69 Å². The molecule has 0 saturated carbocycles. The van der Waals surface area contributed by atoms with Gasteiger partial charge in [0.1, 0.15) is 11.6 Å². The normalized spacial score (nSPS) is 12.4. The van der Waals surface area contributed by atoms with Crippen LogP contribution in [-0.4, -0.2) is 24.6 Å². The molecule has 0 aliphatic carbocycles. The zero-order valence-electron chi connectivity index (χ0n) is 15.0. The lowest BCUT2D eigenvalue weighted by Crippen LogP contribution is -2.11. The topological polar surface area (TPSA) is 87.2 Å². The molecular weight excluding hydrogens is 433 g/mol. The molecule has 0 aliphatic heterocycles. The maximum Gasteiger partial charge on any atom is 0.434 e. The number of benzene rings is 2. The summed E-state index contributed by atoms with van der Waals surface area (Å²) in [5, 5.41) is 5.02. The third-order valence-electron chi connectivity index (χ3n) is 3.98. The number of hydrogen-bond donors (Lipinski definition) is 1. The summed E-state index contributed by atoms with van der Waals surface area (Å²) in [5.74, 6) is -0.235. The van der Waals surface area contributed by atoms with Crippen molar-refractivity contribution in [2.75, 3.05) is 0 Å². The summed E-state index contributed by atoms with van der Waals surface area (Å²) in [7, 11) is -3.98. The van der Waals surface area contributed by atoms with Gasteiger partial charge in [-0.25, -0.2) is 18.5 Å². The van der Waals surface area contributed by atoms with Gasteiger partial charge < -0.3 is 9.30 Å². The number of rotatable bonds is 6. The smallest absolute Gasteiger partial charge is 0.434 e. The van der Waals surface area contributed by atoms with Gasteiger partial charge in [-0.1, -0.05) is 12.1 Å². The van der Waals surface area contributed by atoms with E-state index in [9.17, 15) is 30.4 Å². The first-order chi connectivity index (χ1) is 13.9. The summed E-state index contributed by atoms with van der Waals surface area (Å²) < 4.78 is 92.6. The number of nitrogens with zero attached hydrogens (tertiary/aromatic N) is 2. The van der Waals surface area contributed by atoms with Crippen molar-refractivity contribution < 1.29 is 35.1 Å². The van der Waals surface area contributed by atoms with Gasteiger partial charge in [0.05, 0.1) is 4.90 Å². The van der Waals surface area contributed by atoms with Crippen LogP contribution >= 0.6 is 0 Å². The van der Waals surface area contributed by atoms with Crippen molar-refractivity contribution in [2.24, 2.45) is 5.14 Å². The number of sulfonamides is 1. The molecule has 6 nitrogen and oxygen atoms in total. The minimum absolute atomic E-state index is 0.0940. The van der Waals surface area contributed by atoms with Gasteiger partial charge in [-0.05, 0) is 42.0 Å². The fourth-order valence-corrected chi connectivity index (χ4v) is 3.23. The molecule has 160 valence electrons. The maximum atomic E-state index is 13.2. The second kappa shape index (κ2) is 8.03. The Hall–Kier alpha value is -2.99. The Morgan fingerprint density at radius 2 is 1.77 bits per heavy atom. The Balaban J connectivity index is 2.01. The Kier molecular flexibility index (Phi) is 5.81. The van der Waals surface area contributed by atoms with Crippen molar-refractivity contribution in [3.8, 4) is 17.1 Å². The molecule has 0 aliphatic rings. The van der Waals surface area contributed by atoms with E-state index in [4.69, 9.17) is 5.14 Å². The van der Waals surface area contributed by atoms with Crippen LogP contribution in [0.1, 0.15) is 11.3 Å². The van der Waals surface area contributed by atoms with E-state index in [1.807, 2.05) is 0 Å². The molecule has 0 unspecified atom stereocenters. The number of primary sulfonamides is 1. The molecular formula is C18H14F5N3O3S. The van der Waals surface area contributed by atoms with E-state index in [2.05, 4.69) is 9.72 Å². The quantitative estimate of drug-likeness (QED) is 0.582. The lowest BCUT2D eigenvalue weighted by atomic mass is 10.2.